The zero-order valence-electron chi connectivity index (χ0n) is 31.1. The molecule has 1 heterocycles. The van der Waals surface area contributed by atoms with Gasteiger partial charge in [-0.3, -0.25) is 0 Å². The van der Waals surface area contributed by atoms with Crippen molar-refractivity contribution in [2.24, 2.45) is 0 Å². The van der Waals surface area contributed by atoms with Crippen molar-refractivity contribution in [2.75, 3.05) is 4.90 Å². The van der Waals surface area contributed by atoms with E-state index in [1.54, 1.807) is 11.3 Å². The first-order valence-electron chi connectivity index (χ1n) is 18.7. The molecule has 0 amide bonds. The summed E-state index contributed by atoms with van der Waals surface area (Å²) in [6.45, 7) is 0. The van der Waals surface area contributed by atoms with E-state index < -0.39 is 0 Å². The van der Waals surface area contributed by atoms with E-state index >= 15 is 0 Å². The third-order valence-electron chi connectivity index (χ3n) is 9.18. The molecule has 1 aromatic heterocycles. The van der Waals surface area contributed by atoms with Crippen molar-refractivity contribution in [1.82, 2.24) is 0 Å². The highest BCUT2D eigenvalue weighted by Crippen LogP contribution is 2.41. The lowest BCUT2D eigenvalue weighted by molar-refractivity contribution is 1.28. The van der Waals surface area contributed by atoms with E-state index in [0.29, 0.717) is 16.7 Å². The molecule has 0 bridgehead atoms. The number of rotatable bonds is 7. The van der Waals surface area contributed by atoms with Crippen molar-refractivity contribution in [3.05, 3.63) is 200 Å². The first kappa shape index (κ1) is 25.8. The first-order valence-corrected chi connectivity index (χ1v) is 17.5. The van der Waals surface area contributed by atoms with Crippen LogP contribution in [-0.2, 0) is 0 Å². The number of anilines is 3. The summed E-state index contributed by atoms with van der Waals surface area (Å²) in [5, 5.41) is 2.19. The van der Waals surface area contributed by atoms with Gasteiger partial charge in [-0.15, -0.1) is 11.3 Å². The maximum Gasteiger partial charge on any atom is 0.0636 e. The van der Waals surface area contributed by atoms with Crippen LogP contribution in [0.4, 0.5) is 17.1 Å². The van der Waals surface area contributed by atoms with Gasteiger partial charge >= 0.3 is 0 Å². The van der Waals surface area contributed by atoms with Gasteiger partial charge in [0.2, 0.25) is 0 Å². The average Bonchev–Trinajstić information content (AvgIpc) is 3.62. The van der Waals surface area contributed by atoms with Crippen LogP contribution in [-0.4, -0.2) is 0 Å². The van der Waals surface area contributed by atoms with Crippen LogP contribution in [0.2, 0.25) is 0 Å². The Morgan fingerprint density at radius 3 is 1.42 bits per heavy atom. The smallest absolute Gasteiger partial charge is 0.0636 e. The van der Waals surface area contributed by atoms with Gasteiger partial charge in [-0.05, 0) is 93.0 Å². The van der Waals surface area contributed by atoms with Crippen LogP contribution >= 0.6 is 11.3 Å². The minimum Gasteiger partial charge on any atom is -0.311 e. The second kappa shape index (κ2) is 13.0. The highest BCUT2D eigenvalue weighted by molar-refractivity contribution is 7.26. The van der Waals surface area contributed by atoms with Gasteiger partial charge in [-0.25, -0.2) is 0 Å². The number of fused-ring (bicyclic) bond motifs is 3. The largest absolute Gasteiger partial charge is 0.311 e. The van der Waals surface area contributed by atoms with Crippen LogP contribution in [0.3, 0.4) is 0 Å². The molecule has 1 nitrogen and oxygen atoms in total. The summed E-state index contributed by atoms with van der Waals surface area (Å²) in [6.07, 6.45) is 0. The molecule has 9 rings (SSSR count). The SMILES string of the molecule is [2H]c1c([2H])c(-c2ccc(N(c3ccc(-c4ccccc4)cc3)c3ccc(-c4ccccc4)cc3)cc2)c([2H])c(-c2cccc3c2sc2ccccc23)c1[2H]. The summed E-state index contributed by atoms with van der Waals surface area (Å²) in [6, 6.07) is 59.5. The molecular formula is C48H33NS. The molecule has 0 saturated heterocycles. The van der Waals surface area contributed by atoms with Gasteiger partial charge < -0.3 is 4.90 Å². The Morgan fingerprint density at radius 1 is 0.380 bits per heavy atom. The standard InChI is InChI=1S/C48H33NS/c1-3-11-34(12-4-1)36-21-27-41(28-22-36)49(42-29-23-37(24-30-42)35-13-5-2-6-14-35)43-31-25-38(26-32-43)39-15-9-16-40(33-39)44-18-10-19-46-45-17-7-8-20-47(45)50-48(44)46/h1-33H/i9D,15D,16D,33D. The minimum atomic E-state index is -0.183. The molecule has 0 aliphatic heterocycles. The Labute approximate surface area is 302 Å². The molecule has 0 atom stereocenters. The van der Waals surface area contributed by atoms with Gasteiger partial charge in [0, 0.05) is 37.2 Å². The molecule has 0 radical (unpaired) electrons. The van der Waals surface area contributed by atoms with Crippen molar-refractivity contribution in [3.8, 4) is 44.5 Å². The fourth-order valence-electron chi connectivity index (χ4n) is 6.66. The summed E-state index contributed by atoms with van der Waals surface area (Å²) in [5.74, 6) is 0. The number of nitrogens with zero attached hydrogens (tertiary/aromatic N) is 1. The zero-order chi connectivity index (χ0) is 36.8. The maximum atomic E-state index is 9.47. The molecule has 0 aliphatic rings. The lowest BCUT2D eigenvalue weighted by atomic mass is 9.97. The highest BCUT2D eigenvalue weighted by atomic mass is 32.1. The van der Waals surface area contributed by atoms with Gasteiger partial charge in [0.25, 0.3) is 0 Å². The number of benzene rings is 8. The molecule has 0 spiro atoms. The van der Waals surface area contributed by atoms with Crippen LogP contribution in [0.1, 0.15) is 5.48 Å². The molecule has 50 heavy (non-hydrogen) atoms. The predicted molar refractivity (Wildman–Crippen MR) is 216 cm³/mol. The number of hydrogen-bond acceptors (Lipinski definition) is 2. The molecule has 0 unspecified atom stereocenters. The second-order valence-corrected chi connectivity index (χ2v) is 13.3. The fourth-order valence-corrected chi connectivity index (χ4v) is 7.88. The summed E-state index contributed by atoms with van der Waals surface area (Å²) in [5.41, 5.74) is 9.59. The normalized spacial score (nSPS) is 12.3. The number of thiophene rings is 1. The molecule has 236 valence electrons. The van der Waals surface area contributed by atoms with E-state index in [4.69, 9.17) is 4.11 Å². The summed E-state index contributed by atoms with van der Waals surface area (Å²) in [4.78, 5) is 2.20. The Balaban J connectivity index is 1.14. The Kier molecular flexibility index (Phi) is 6.70. The zero-order valence-corrected chi connectivity index (χ0v) is 27.9. The Hall–Kier alpha value is -6.22. The van der Waals surface area contributed by atoms with E-state index in [1.807, 2.05) is 84.9 Å². The third kappa shape index (κ3) is 5.66. The predicted octanol–water partition coefficient (Wildman–Crippen LogP) is 14.2. The third-order valence-corrected chi connectivity index (χ3v) is 10.4. The van der Waals surface area contributed by atoms with E-state index in [2.05, 4.69) is 95.9 Å². The summed E-state index contributed by atoms with van der Waals surface area (Å²) < 4.78 is 38.4. The van der Waals surface area contributed by atoms with Gasteiger partial charge in [-0.1, -0.05) is 152 Å². The van der Waals surface area contributed by atoms with Gasteiger partial charge in [0.05, 0.1) is 5.48 Å². The Bertz CT molecular complexity index is 2700. The van der Waals surface area contributed by atoms with E-state index in [9.17, 15) is 1.37 Å². The van der Waals surface area contributed by atoms with Gasteiger partial charge in [0.15, 0.2) is 0 Å². The first-order chi connectivity index (χ1) is 26.5. The highest BCUT2D eigenvalue weighted by Gasteiger charge is 2.15. The molecule has 0 fully saturated rings. The van der Waals surface area contributed by atoms with Crippen molar-refractivity contribution < 1.29 is 5.48 Å². The van der Waals surface area contributed by atoms with Crippen molar-refractivity contribution in [2.45, 2.75) is 0 Å². The van der Waals surface area contributed by atoms with Crippen molar-refractivity contribution in [1.29, 1.82) is 0 Å². The lowest BCUT2D eigenvalue weighted by Crippen LogP contribution is -2.09. The topological polar surface area (TPSA) is 3.24 Å². The van der Waals surface area contributed by atoms with Crippen LogP contribution in [0.5, 0.6) is 0 Å². The van der Waals surface area contributed by atoms with Crippen LogP contribution in [0.25, 0.3) is 64.7 Å². The summed E-state index contributed by atoms with van der Waals surface area (Å²) in [7, 11) is 0. The van der Waals surface area contributed by atoms with Crippen molar-refractivity contribution in [3.63, 3.8) is 0 Å². The van der Waals surface area contributed by atoms with Crippen LogP contribution < -0.4 is 4.90 Å². The molecule has 8 aromatic carbocycles. The second-order valence-electron chi connectivity index (χ2n) is 12.2. The fraction of sp³-hybridized carbons (Fsp3) is 0. The maximum absolute atomic E-state index is 9.47. The van der Waals surface area contributed by atoms with Crippen LogP contribution in [0.15, 0.2) is 200 Å². The molecule has 0 aliphatic carbocycles. The van der Waals surface area contributed by atoms with Crippen molar-refractivity contribution >= 4 is 48.6 Å². The molecule has 9 aromatic rings. The molecular weight excluding hydrogens is 623 g/mol. The monoisotopic (exact) mass is 659 g/mol. The minimum absolute atomic E-state index is 0.0866. The lowest BCUT2D eigenvalue weighted by Gasteiger charge is -2.26. The Morgan fingerprint density at radius 2 is 0.840 bits per heavy atom. The van der Waals surface area contributed by atoms with Gasteiger partial charge in [-0.2, -0.15) is 0 Å². The molecule has 0 N–H and O–H groups in total. The van der Waals surface area contributed by atoms with Crippen LogP contribution in [0, 0.1) is 0 Å². The average molecular weight is 660 g/mol. The molecule has 0 saturated carbocycles. The molecule has 2 heteroatoms. The van der Waals surface area contributed by atoms with E-state index in [-0.39, 0.29) is 24.2 Å². The number of hydrogen-bond donors (Lipinski definition) is 0. The van der Waals surface area contributed by atoms with Gasteiger partial charge in [0.1, 0.15) is 0 Å². The quantitative estimate of drug-likeness (QED) is 0.165. The van der Waals surface area contributed by atoms with E-state index in [1.165, 1.54) is 0 Å². The van der Waals surface area contributed by atoms with E-state index in [0.717, 1.165) is 65.1 Å². The summed E-state index contributed by atoms with van der Waals surface area (Å²) >= 11 is 1.63.